The molecule has 3 aromatic carbocycles. The van der Waals surface area contributed by atoms with E-state index in [2.05, 4.69) is 107 Å². The molecule has 0 bridgehead atoms. The Hall–Kier alpha value is -1.81. The Morgan fingerprint density at radius 1 is 0.727 bits per heavy atom. The van der Waals surface area contributed by atoms with Crippen LogP contribution in [-0.4, -0.2) is 0 Å². The Bertz CT molecular complexity index is 776. The standard InChI is InChI=1S/C20H16IN/c1-14-17-6-2-4-8-19(17)22(16-12-10-15(21)11-13-16)20-9-5-3-7-18(14)20/h2-14H,1H3. The first kappa shape index (κ1) is 13.8. The van der Waals surface area contributed by atoms with Gasteiger partial charge >= 0.3 is 0 Å². The first-order valence-corrected chi connectivity index (χ1v) is 8.57. The Morgan fingerprint density at radius 2 is 1.23 bits per heavy atom. The van der Waals surface area contributed by atoms with E-state index in [1.54, 1.807) is 0 Å². The lowest BCUT2D eigenvalue weighted by atomic mass is 9.86. The summed E-state index contributed by atoms with van der Waals surface area (Å²) in [6.07, 6.45) is 0. The van der Waals surface area contributed by atoms with Crippen LogP contribution in [-0.2, 0) is 0 Å². The van der Waals surface area contributed by atoms with Crippen molar-refractivity contribution in [3.8, 4) is 0 Å². The number of nitrogens with zero attached hydrogens (tertiary/aromatic N) is 1. The SMILES string of the molecule is CC1c2ccccc2N(c2ccc(I)cc2)c2ccccc21. The van der Waals surface area contributed by atoms with E-state index in [4.69, 9.17) is 0 Å². The number of benzene rings is 3. The third-order valence-electron chi connectivity index (χ3n) is 4.37. The number of halogens is 1. The molecule has 0 amide bonds. The summed E-state index contributed by atoms with van der Waals surface area (Å²) >= 11 is 2.35. The van der Waals surface area contributed by atoms with Crippen LogP contribution in [0.15, 0.2) is 72.8 Å². The van der Waals surface area contributed by atoms with Crippen molar-refractivity contribution in [2.75, 3.05) is 4.90 Å². The molecule has 0 saturated carbocycles. The van der Waals surface area contributed by atoms with E-state index >= 15 is 0 Å². The van der Waals surface area contributed by atoms with Crippen LogP contribution in [0, 0.1) is 3.57 Å². The maximum Gasteiger partial charge on any atom is 0.0499 e. The topological polar surface area (TPSA) is 3.24 Å². The number of anilines is 3. The number of hydrogen-bond donors (Lipinski definition) is 0. The van der Waals surface area contributed by atoms with Crippen LogP contribution in [0.25, 0.3) is 0 Å². The highest BCUT2D eigenvalue weighted by atomic mass is 127. The molecule has 0 saturated heterocycles. The minimum atomic E-state index is 0.424. The van der Waals surface area contributed by atoms with Crippen LogP contribution in [0.1, 0.15) is 24.0 Å². The quantitative estimate of drug-likeness (QED) is 0.440. The number of hydrogen-bond acceptors (Lipinski definition) is 1. The van der Waals surface area contributed by atoms with Crippen LogP contribution in [0.3, 0.4) is 0 Å². The molecule has 0 fully saturated rings. The van der Waals surface area contributed by atoms with Gasteiger partial charge in [-0.25, -0.2) is 0 Å². The minimum Gasteiger partial charge on any atom is -0.310 e. The molecule has 1 aliphatic rings. The van der Waals surface area contributed by atoms with Gasteiger partial charge in [-0.05, 0) is 70.1 Å². The van der Waals surface area contributed by atoms with Crippen molar-refractivity contribution in [1.82, 2.24) is 0 Å². The second kappa shape index (κ2) is 5.43. The van der Waals surface area contributed by atoms with Gasteiger partial charge in [0.25, 0.3) is 0 Å². The number of fused-ring (bicyclic) bond motifs is 2. The molecule has 0 unspecified atom stereocenters. The zero-order valence-corrected chi connectivity index (χ0v) is 14.5. The summed E-state index contributed by atoms with van der Waals surface area (Å²) in [5.41, 5.74) is 6.57. The van der Waals surface area contributed by atoms with Crippen molar-refractivity contribution >= 4 is 39.7 Å². The van der Waals surface area contributed by atoms with Crippen LogP contribution in [0.4, 0.5) is 17.1 Å². The molecule has 1 aliphatic heterocycles. The fourth-order valence-corrected chi connectivity index (χ4v) is 3.64. The van der Waals surface area contributed by atoms with E-state index in [1.165, 1.54) is 31.8 Å². The zero-order valence-electron chi connectivity index (χ0n) is 12.3. The van der Waals surface area contributed by atoms with Gasteiger partial charge in [0.1, 0.15) is 0 Å². The Labute approximate surface area is 144 Å². The lowest BCUT2D eigenvalue weighted by molar-refractivity contribution is 0.892. The van der Waals surface area contributed by atoms with Crippen molar-refractivity contribution in [2.45, 2.75) is 12.8 Å². The van der Waals surface area contributed by atoms with Gasteiger partial charge < -0.3 is 4.90 Å². The van der Waals surface area contributed by atoms with Gasteiger partial charge in [-0.1, -0.05) is 43.3 Å². The molecule has 1 heterocycles. The molecule has 2 heteroatoms. The second-order valence-electron chi connectivity index (χ2n) is 5.65. The van der Waals surface area contributed by atoms with Gasteiger partial charge in [0.05, 0.1) is 0 Å². The summed E-state index contributed by atoms with van der Waals surface area (Å²) in [4.78, 5) is 2.38. The fraction of sp³-hybridized carbons (Fsp3) is 0.100. The van der Waals surface area contributed by atoms with Crippen LogP contribution in [0.2, 0.25) is 0 Å². The molecule has 108 valence electrons. The van der Waals surface area contributed by atoms with Gasteiger partial charge in [0, 0.05) is 26.6 Å². The molecule has 0 spiro atoms. The third-order valence-corrected chi connectivity index (χ3v) is 5.09. The smallest absolute Gasteiger partial charge is 0.0499 e. The van der Waals surface area contributed by atoms with Crippen molar-refractivity contribution in [3.63, 3.8) is 0 Å². The van der Waals surface area contributed by atoms with Crippen LogP contribution in [0.5, 0.6) is 0 Å². The molecular weight excluding hydrogens is 381 g/mol. The van der Waals surface area contributed by atoms with E-state index in [0.29, 0.717) is 5.92 Å². The van der Waals surface area contributed by atoms with Crippen LogP contribution < -0.4 is 4.90 Å². The molecule has 0 aromatic heterocycles. The van der Waals surface area contributed by atoms with Gasteiger partial charge in [-0.2, -0.15) is 0 Å². The van der Waals surface area contributed by atoms with Gasteiger partial charge in [-0.15, -0.1) is 0 Å². The predicted molar refractivity (Wildman–Crippen MR) is 101 cm³/mol. The lowest BCUT2D eigenvalue weighted by Crippen LogP contribution is -2.20. The average Bonchev–Trinajstić information content (AvgIpc) is 2.57. The summed E-state index contributed by atoms with van der Waals surface area (Å²) in [6, 6.07) is 26.2. The average molecular weight is 397 g/mol. The Morgan fingerprint density at radius 3 is 1.77 bits per heavy atom. The number of rotatable bonds is 1. The Kier molecular flexibility index (Phi) is 3.41. The molecule has 1 nitrogen and oxygen atoms in total. The monoisotopic (exact) mass is 397 g/mol. The fourth-order valence-electron chi connectivity index (χ4n) is 3.28. The molecule has 4 rings (SSSR count). The molecule has 22 heavy (non-hydrogen) atoms. The van der Waals surface area contributed by atoms with Crippen molar-refractivity contribution in [3.05, 3.63) is 87.5 Å². The summed E-state index contributed by atoms with van der Waals surface area (Å²) in [5, 5.41) is 0. The van der Waals surface area contributed by atoms with Gasteiger partial charge in [-0.3, -0.25) is 0 Å². The molecule has 0 aliphatic carbocycles. The molecule has 0 atom stereocenters. The van der Waals surface area contributed by atoms with Gasteiger partial charge in [0.15, 0.2) is 0 Å². The van der Waals surface area contributed by atoms with Crippen molar-refractivity contribution < 1.29 is 0 Å². The van der Waals surface area contributed by atoms with E-state index in [-0.39, 0.29) is 0 Å². The molecule has 0 N–H and O–H groups in total. The van der Waals surface area contributed by atoms with E-state index in [9.17, 15) is 0 Å². The molecule has 3 aromatic rings. The first-order valence-electron chi connectivity index (χ1n) is 7.49. The van der Waals surface area contributed by atoms with Gasteiger partial charge in [0.2, 0.25) is 0 Å². The third kappa shape index (κ3) is 2.13. The summed E-state index contributed by atoms with van der Waals surface area (Å²) in [6.45, 7) is 2.29. The van der Waals surface area contributed by atoms with E-state index in [0.717, 1.165) is 0 Å². The largest absolute Gasteiger partial charge is 0.310 e. The maximum absolute atomic E-state index is 2.38. The van der Waals surface area contributed by atoms with E-state index in [1.807, 2.05) is 0 Å². The van der Waals surface area contributed by atoms with E-state index < -0.39 is 0 Å². The van der Waals surface area contributed by atoms with Crippen molar-refractivity contribution in [1.29, 1.82) is 0 Å². The summed E-state index contributed by atoms with van der Waals surface area (Å²) in [5.74, 6) is 0.424. The van der Waals surface area contributed by atoms with Crippen LogP contribution >= 0.6 is 22.6 Å². The normalized spacial score (nSPS) is 13.6. The number of para-hydroxylation sites is 2. The second-order valence-corrected chi connectivity index (χ2v) is 6.90. The first-order chi connectivity index (χ1) is 10.8. The summed E-state index contributed by atoms with van der Waals surface area (Å²) < 4.78 is 1.26. The predicted octanol–water partition coefficient (Wildman–Crippen LogP) is 6.23. The molecular formula is C20H16IN. The zero-order chi connectivity index (χ0) is 15.1. The minimum absolute atomic E-state index is 0.424. The van der Waals surface area contributed by atoms with Crippen molar-refractivity contribution in [2.24, 2.45) is 0 Å². The highest BCUT2D eigenvalue weighted by Gasteiger charge is 2.27. The highest BCUT2D eigenvalue weighted by Crippen LogP contribution is 2.48. The summed E-state index contributed by atoms with van der Waals surface area (Å²) in [7, 11) is 0. The highest BCUT2D eigenvalue weighted by molar-refractivity contribution is 14.1. The Balaban J connectivity index is 1.98. The molecule has 0 radical (unpaired) electrons. The maximum atomic E-state index is 2.38. The lowest BCUT2D eigenvalue weighted by Gasteiger charge is -2.36.